The first kappa shape index (κ1) is 23.9. The first-order chi connectivity index (χ1) is 12.4. The summed E-state index contributed by atoms with van der Waals surface area (Å²) in [5.74, 6) is -0.0983. The molecule has 0 aromatic carbocycles. The second-order valence-corrected chi connectivity index (χ2v) is 6.87. The third-order valence-corrected chi connectivity index (χ3v) is 4.43. The molecule has 0 bridgehead atoms. The van der Waals surface area contributed by atoms with Gasteiger partial charge in [-0.25, -0.2) is 4.98 Å². The molecule has 2 aromatic rings. The standard InChI is InChI=1S/C17H25N7O2.2ClH/c1-11(2)17(26)23-3-4-24-14(9-23)5-13(22-24)8-20-16(25)15(18)6-12-7-19-10-21-12;;/h5,7,10-11,15H,3-4,6,8-9,18H2,1-2H3,(H,19,21)(H,20,25);2*1H/t15-;;/m0../s1. The predicted octanol–water partition coefficient (Wildman–Crippen LogP) is 0.634. The van der Waals surface area contributed by atoms with Crippen molar-refractivity contribution in [1.29, 1.82) is 0 Å². The number of nitrogens with two attached hydrogens (primary N) is 1. The summed E-state index contributed by atoms with van der Waals surface area (Å²) in [7, 11) is 0. The van der Waals surface area contributed by atoms with Gasteiger partial charge in [0.1, 0.15) is 0 Å². The Morgan fingerprint density at radius 2 is 2.07 bits per heavy atom. The third-order valence-electron chi connectivity index (χ3n) is 4.43. The van der Waals surface area contributed by atoms with Crippen molar-refractivity contribution >= 4 is 36.6 Å². The maximum atomic E-state index is 12.2. The number of aromatic amines is 1. The number of carbonyl (C=O) groups is 2. The van der Waals surface area contributed by atoms with Crippen molar-refractivity contribution in [3.05, 3.63) is 35.7 Å². The maximum Gasteiger partial charge on any atom is 0.237 e. The van der Waals surface area contributed by atoms with Crippen molar-refractivity contribution in [2.75, 3.05) is 6.54 Å². The summed E-state index contributed by atoms with van der Waals surface area (Å²) >= 11 is 0. The number of rotatable bonds is 6. The van der Waals surface area contributed by atoms with Crippen LogP contribution in [-0.4, -0.2) is 49.0 Å². The summed E-state index contributed by atoms with van der Waals surface area (Å²) in [5, 5.41) is 7.32. The van der Waals surface area contributed by atoms with Gasteiger partial charge in [0, 0.05) is 30.8 Å². The molecule has 0 saturated heterocycles. The van der Waals surface area contributed by atoms with Crippen molar-refractivity contribution < 1.29 is 9.59 Å². The van der Waals surface area contributed by atoms with Crippen molar-refractivity contribution in [3.63, 3.8) is 0 Å². The average Bonchev–Trinajstić information content (AvgIpc) is 3.27. The number of halogens is 2. The van der Waals surface area contributed by atoms with Gasteiger partial charge in [0.2, 0.25) is 11.8 Å². The zero-order valence-corrected chi connectivity index (χ0v) is 17.6. The number of amides is 2. The summed E-state index contributed by atoms with van der Waals surface area (Å²) in [6.07, 6.45) is 3.61. The molecule has 2 aromatic heterocycles. The van der Waals surface area contributed by atoms with Gasteiger partial charge in [0.15, 0.2) is 0 Å². The summed E-state index contributed by atoms with van der Waals surface area (Å²) in [6, 6.07) is 1.28. The van der Waals surface area contributed by atoms with Gasteiger partial charge in [-0.05, 0) is 6.07 Å². The molecule has 0 fully saturated rings. The van der Waals surface area contributed by atoms with Gasteiger partial charge in [0.25, 0.3) is 0 Å². The van der Waals surface area contributed by atoms with Crippen LogP contribution in [0.4, 0.5) is 0 Å². The number of fused-ring (bicyclic) bond motifs is 1. The van der Waals surface area contributed by atoms with Crippen LogP contribution in [0.2, 0.25) is 0 Å². The molecule has 28 heavy (non-hydrogen) atoms. The lowest BCUT2D eigenvalue weighted by Crippen LogP contribution is -2.41. The lowest BCUT2D eigenvalue weighted by atomic mass is 10.1. The molecular weight excluding hydrogens is 405 g/mol. The number of carbonyl (C=O) groups excluding carboxylic acids is 2. The molecule has 2 amide bonds. The van der Waals surface area contributed by atoms with Crippen LogP contribution in [0.15, 0.2) is 18.6 Å². The quantitative estimate of drug-likeness (QED) is 0.618. The van der Waals surface area contributed by atoms with E-state index >= 15 is 0 Å². The van der Waals surface area contributed by atoms with Crippen molar-refractivity contribution in [1.82, 2.24) is 30.0 Å². The van der Waals surface area contributed by atoms with Gasteiger partial charge in [-0.15, -0.1) is 24.8 Å². The molecule has 3 heterocycles. The molecule has 0 spiro atoms. The monoisotopic (exact) mass is 431 g/mol. The predicted molar refractivity (Wildman–Crippen MR) is 109 cm³/mol. The van der Waals surface area contributed by atoms with Crippen LogP contribution in [0, 0.1) is 5.92 Å². The number of nitrogens with one attached hydrogen (secondary N) is 2. The number of H-pyrrole nitrogens is 1. The second kappa shape index (κ2) is 10.4. The Labute approximate surface area is 176 Å². The van der Waals surface area contributed by atoms with E-state index in [-0.39, 0.29) is 42.5 Å². The van der Waals surface area contributed by atoms with Gasteiger partial charge in [0.05, 0.1) is 43.4 Å². The SMILES string of the molecule is CC(C)C(=O)N1CCn2nc(CNC(=O)[C@@H](N)Cc3cnc[nH]3)cc2C1.Cl.Cl. The second-order valence-electron chi connectivity index (χ2n) is 6.87. The molecule has 1 aliphatic heterocycles. The van der Waals surface area contributed by atoms with E-state index in [0.717, 1.165) is 17.1 Å². The molecule has 0 unspecified atom stereocenters. The molecule has 11 heteroatoms. The molecular formula is C17H27Cl2N7O2. The van der Waals surface area contributed by atoms with Gasteiger partial charge < -0.3 is 20.9 Å². The van der Waals surface area contributed by atoms with Gasteiger partial charge in [-0.1, -0.05) is 13.8 Å². The average molecular weight is 432 g/mol. The van der Waals surface area contributed by atoms with Crippen LogP contribution in [0.25, 0.3) is 0 Å². The van der Waals surface area contributed by atoms with Crippen LogP contribution in [0.5, 0.6) is 0 Å². The third kappa shape index (κ3) is 5.70. The van der Waals surface area contributed by atoms with Crippen LogP contribution in [-0.2, 0) is 35.6 Å². The van der Waals surface area contributed by atoms with E-state index in [2.05, 4.69) is 20.4 Å². The minimum atomic E-state index is -0.646. The molecule has 3 rings (SSSR count). The van der Waals surface area contributed by atoms with E-state index in [1.807, 2.05) is 29.5 Å². The Hall–Kier alpha value is -2.10. The van der Waals surface area contributed by atoms with Crippen LogP contribution in [0.1, 0.15) is 30.9 Å². The minimum Gasteiger partial charge on any atom is -0.349 e. The van der Waals surface area contributed by atoms with Crippen LogP contribution in [0.3, 0.4) is 0 Å². The lowest BCUT2D eigenvalue weighted by Gasteiger charge is -2.29. The fourth-order valence-corrected chi connectivity index (χ4v) is 3.00. The zero-order valence-electron chi connectivity index (χ0n) is 15.9. The Balaban J connectivity index is 0.00000196. The highest BCUT2D eigenvalue weighted by Gasteiger charge is 2.24. The van der Waals surface area contributed by atoms with Crippen LogP contribution < -0.4 is 11.1 Å². The highest BCUT2D eigenvalue weighted by atomic mass is 35.5. The van der Waals surface area contributed by atoms with E-state index in [0.29, 0.717) is 32.6 Å². The van der Waals surface area contributed by atoms with Gasteiger partial charge in [-0.3, -0.25) is 14.3 Å². The molecule has 0 aliphatic carbocycles. The van der Waals surface area contributed by atoms with E-state index in [1.165, 1.54) is 0 Å². The van der Waals surface area contributed by atoms with Gasteiger partial charge in [-0.2, -0.15) is 5.10 Å². The summed E-state index contributed by atoms with van der Waals surface area (Å²) in [4.78, 5) is 33.0. The first-order valence-corrected chi connectivity index (χ1v) is 8.79. The molecule has 4 N–H and O–H groups in total. The fourth-order valence-electron chi connectivity index (χ4n) is 3.00. The summed E-state index contributed by atoms with van der Waals surface area (Å²) in [5.41, 5.74) is 8.49. The van der Waals surface area contributed by atoms with E-state index in [9.17, 15) is 9.59 Å². The van der Waals surface area contributed by atoms with Crippen molar-refractivity contribution in [2.24, 2.45) is 11.7 Å². The Morgan fingerprint density at radius 3 is 2.71 bits per heavy atom. The molecule has 1 aliphatic rings. The fraction of sp³-hybridized carbons (Fsp3) is 0.529. The maximum absolute atomic E-state index is 12.2. The number of nitrogens with zero attached hydrogens (tertiary/aromatic N) is 4. The number of hydrogen-bond acceptors (Lipinski definition) is 5. The van der Waals surface area contributed by atoms with E-state index < -0.39 is 6.04 Å². The molecule has 156 valence electrons. The Morgan fingerprint density at radius 1 is 1.32 bits per heavy atom. The van der Waals surface area contributed by atoms with Crippen molar-refractivity contribution in [2.45, 2.75) is 45.9 Å². The number of hydrogen-bond donors (Lipinski definition) is 3. The highest BCUT2D eigenvalue weighted by molar-refractivity contribution is 5.85. The number of imidazole rings is 1. The van der Waals surface area contributed by atoms with E-state index in [1.54, 1.807) is 12.5 Å². The van der Waals surface area contributed by atoms with Gasteiger partial charge >= 0.3 is 0 Å². The largest absolute Gasteiger partial charge is 0.349 e. The lowest BCUT2D eigenvalue weighted by molar-refractivity contribution is -0.136. The first-order valence-electron chi connectivity index (χ1n) is 8.79. The Bertz CT molecular complexity index is 777. The topological polar surface area (TPSA) is 122 Å². The molecule has 0 saturated carbocycles. The van der Waals surface area contributed by atoms with Crippen molar-refractivity contribution in [3.8, 4) is 0 Å². The number of aromatic nitrogens is 4. The normalized spacial score (nSPS) is 13.9. The highest BCUT2D eigenvalue weighted by Crippen LogP contribution is 2.16. The zero-order chi connectivity index (χ0) is 18.7. The summed E-state index contributed by atoms with van der Waals surface area (Å²) in [6.45, 7) is 6.00. The smallest absolute Gasteiger partial charge is 0.237 e. The minimum absolute atomic E-state index is 0. The Kier molecular flexibility index (Phi) is 8.93. The van der Waals surface area contributed by atoms with Crippen LogP contribution >= 0.6 is 24.8 Å². The summed E-state index contributed by atoms with van der Waals surface area (Å²) < 4.78 is 1.90. The van der Waals surface area contributed by atoms with E-state index in [4.69, 9.17) is 5.73 Å². The molecule has 9 nitrogen and oxygen atoms in total. The molecule has 0 radical (unpaired) electrons. The molecule has 1 atom stereocenters.